The van der Waals surface area contributed by atoms with E-state index >= 15 is 0 Å². The second-order valence-corrected chi connectivity index (χ2v) is 9.16. The van der Waals surface area contributed by atoms with Crippen LogP contribution in [0.4, 0.5) is 0 Å². The van der Waals surface area contributed by atoms with Gasteiger partial charge >= 0.3 is 0 Å². The number of rotatable bonds is 4. The van der Waals surface area contributed by atoms with Gasteiger partial charge in [0.05, 0.1) is 11.2 Å². The zero-order valence-corrected chi connectivity index (χ0v) is 14.0. The average Bonchev–Trinajstić information content (AvgIpc) is 2.75. The molecule has 1 aliphatic heterocycles. The van der Waals surface area contributed by atoms with Gasteiger partial charge in [0, 0.05) is 19.1 Å². The van der Waals surface area contributed by atoms with E-state index < -0.39 is 20.0 Å². The lowest BCUT2D eigenvalue weighted by Crippen LogP contribution is -2.38. The predicted octanol–water partition coefficient (Wildman–Crippen LogP) is 0.616. The number of hydrogen-bond acceptors (Lipinski definition) is 4. The highest BCUT2D eigenvalue weighted by Gasteiger charge is 2.31. The molecule has 0 bridgehead atoms. The van der Waals surface area contributed by atoms with Crippen LogP contribution in [0.2, 0.25) is 0 Å². The fraction of sp³-hybridized carbons (Fsp3) is 0.538. The van der Waals surface area contributed by atoms with Crippen LogP contribution >= 0.6 is 0 Å². The van der Waals surface area contributed by atoms with Gasteiger partial charge in [-0.05, 0) is 31.9 Å². The summed E-state index contributed by atoms with van der Waals surface area (Å²) >= 11 is 0. The third-order valence-corrected chi connectivity index (χ3v) is 6.51. The maximum atomic E-state index is 12.4. The lowest BCUT2D eigenvalue weighted by Gasteiger charge is -2.16. The van der Waals surface area contributed by atoms with Gasteiger partial charge < -0.3 is 0 Å². The Labute approximate surface area is 126 Å². The summed E-state index contributed by atoms with van der Waals surface area (Å²) in [6, 6.07) is 4.76. The van der Waals surface area contributed by atoms with E-state index in [9.17, 15) is 16.8 Å². The van der Waals surface area contributed by atoms with Gasteiger partial charge in [0.2, 0.25) is 20.0 Å². The van der Waals surface area contributed by atoms with Crippen LogP contribution in [0.3, 0.4) is 0 Å². The van der Waals surface area contributed by atoms with Crippen LogP contribution in [-0.2, 0) is 20.0 Å². The molecule has 1 aromatic rings. The Bertz CT molecular complexity index is 741. The highest BCUT2D eigenvalue weighted by molar-refractivity contribution is 7.89. The minimum absolute atomic E-state index is 0.184. The summed E-state index contributed by atoms with van der Waals surface area (Å²) in [5.74, 6) is 0. The van der Waals surface area contributed by atoms with Crippen molar-refractivity contribution in [2.75, 3.05) is 19.3 Å². The Morgan fingerprint density at radius 3 is 2.38 bits per heavy atom. The van der Waals surface area contributed by atoms with E-state index in [1.807, 2.05) is 13.0 Å². The van der Waals surface area contributed by atoms with Crippen molar-refractivity contribution >= 4 is 20.0 Å². The van der Waals surface area contributed by atoms with E-state index in [-0.39, 0.29) is 17.5 Å². The summed E-state index contributed by atoms with van der Waals surface area (Å²) in [7, 11) is -6.90. The van der Waals surface area contributed by atoms with Crippen LogP contribution in [0.15, 0.2) is 23.1 Å². The first-order valence-electron chi connectivity index (χ1n) is 6.64. The van der Waals surface area contributed by atoms with Crippen molar-refractivity contribution < 1.29 is 16.8 Å². The van der Waals surface area contributed by atoms with E-state index in [2.05, 4.69) is 4.72 Å². The van der Waals surface area contributed by atoms with Crippen molar-refractivity contribution in [2.24, 2.45) is 0 Å². The zero-order chi connectivity index (χ0) is 15.8. The highest BCUT2D eigenvalue weighted by atomic mass is 32.2. The lowest BCUT2D eigenvalue weighted by atomic mass is 10.2. The van der Waals surface area contributed by atoms with Gasteiger partial charge in [-0.25, -0.2) is 25.9 Å². The number of sulfonamides is 2. The van der Waals surface area contributed by atoms with Crippen LogP contribution in [0.5, 0.6) is 0 Å². The number of benzene rings is 1. The molecule has 0 aromatic heterocycles. The molecule has 118 valence electrons. The molecule has 1 aliphatic rings. The molecule has 0 saturated carbocycles. The Balaban J connectivity index is 2.16. The summed E-state index contributed by atoms with van der Waals surface area (Å²) in [6.07, 6.45) is 1.62. The second kappa shape index (κ2) is 5.68. The lowest BCUT2D eigenvalue weighted by molar-refractivity contribution is 0.472. The van der Waals surface area contributed by atoms with E-state index in [1.54, 1.807) is 19.1 Å². The summed E-state index contributed by atoms with van der Waals surface area (Å²) in [5.41, 5.74) is 1.68. The molecule has 1 heterocycles. The summed E-state index contributed by atoms with van der Waals surface area (Å²) in [4.78, 5) is 0.242. The van der Waals surface area contributed by atoms with Crippen LogP contribution in [-0.4, -0.2) is 46.5 Å². The van der Waals surface area contributed by atoms with Crippen molar-refractivity contribution in [1.82, 2.24) is 9.03 Å². The molecule has 1 N–H and O–H groups in total. The highest BCUT2D eigenvalue weighted by Crippen LogP contribution is 2.19. The fourth-order valence-corrected chi connectivity index (χ4v) is 4.89. The van der Waals surface area contributed by atoms with Crippen LogP contribution in [0.1, 0.15) is 17.5 Å². The number of nitrogens with zero attached hydrogens (tertiary/aromatic N) is 1. The molecular formula is C13H20N2O4S2. The molecule has 21 heavy (non-hydrogen) atoms. The molecule has 1 unspecified atom stereocenters. The van der Waals surface area contributed by atoms with Gasteiger partial charge in [-0.1, -0.05) is 17.7 Å². The maximum absolute atomic E-state index is 12.4. The van der Waals surface area contributed by atoms with Crippen molar-refractivity contribution in [3.05, 3.63) is 29.3 Å². The maximum Gasteiger partial charge on any atom is 0.241 e. The molecule has 1 fully saturated rings. The molecule has 0 amide bonds. The van der Waals surface area contributed by atoms with Gasteiger partial charge in [-0.3, -0.25) is 0 Å². The van der Waals surface area contributed by atoms with Crippen molar-refractivity contribution in [3.8, 4) is 0 Å². The summed E-state index contributed by atoms with van der Waals surface area (Å²) < 4.78 is 51.6. The SMILES string of the molecule is Cc1ccc(S(=O)(=O)NC2CCN(S(C)(=O)=O)C2)c(C)c1. The number of aryl methyl sites for hydroxylation is 2. The molecule has 1 saturated heterocycles. The summed E-state index contributed by atoms with van der Waals surface area (Å²) in [5, 5.41) is 0. The monoisotopic (exact) mass is 332 g/mol. The van der Waals surface area contributed by atoms with Crippen molar-refractivity contribution in [2.45, 2.75) is 31.2 Å². The Morgan fingerprint density at radius 2 is 1.86 bits per heavy atom. The summed E-state index contributed by atoms with van der Waals surface area (Å²) in [6.45, 7) is 4.18. The first-order chi connectivity index (χ1) is 9.59. The largest absolute Gasteiger partial charge is 0.241 e. The molecule has 0 aliphatic carbocycles. The van der Waals surface area contributed by atoms with E-state index in [0.717, 1.165) is 11.8 Å². The minimum Gasteiger partial charge on any atom is -0.213 e. The quantitative estimate of drug-likeness (QED) is 0.876. The zero-order valence-electron chi connectivity index (χ0n) is 12.3. The normalized spacial score (nSPS) is 20.8. The average molecular weight is 332 g/mol. The van der Waals surface area contributed by atoms with E-state index in [4.69, 9.17) is 0 Å². The fourth-order valence-electron chi connectivity index (χ4n) is 2.51. The molecule has 1 atom stereocenters. The smallest absolute Gasteiger partial charge is 0.213 e. The van der Waals surface area contributed by atoms with Crippen LogP contribution < -0.4 is 4.72 Å². The van der Waals surface area contributed by atoms with Gasteiger partial charge in [-0.15, -0.1) is 0 Å². The van der Waals surface area contributed by atoms with Crippen LogP contribution in [0, 0.1) is 13.8 Å². The molecule has 0 spiro atoms. The first kappa shape index (κ1) is 16.4. The third-order valence-electron chi connectivity index (χ3n) is 3.56. The number of nitrogens with one attached hydrogen (secondary N) is 1. The van der Waals surface area contributed by atoms with Crippen LogP contribution in [0.25, 0.3) is 0 Å². The Morgan fingerprint density at radius 1 is 1.19 bits per heavy atom. The molecular weight excluding hydrogens is 312 g/mol. The van der Waals surface area contributed by atoms with Gasteiger partial charge in [-0.2, -0.15) is 0 Å². The minimum atomic E-state index is -3.63. The predicted molar refractivity (Wildman–Crippen MR) is 81.1 cm³/mol. The molecule has 8 heteroatoms. The van der Waals surface area contributed by atoms with E-state index in [0.29, 0.717) is 18.5 Å². The van der Waals surface area contributed by atoms with E-state index in [1.165, 1.54) is 4.31 Å². The molecule has 0 radical (unpaired) electrons. The van der Waals surface area contributed by atoms with Gasteiger partial charge in [0.1, 0.15) is 0 Å². The molecule has 6 nitrogen and oxygen atoms in total. The molecule has 2 rings (SSSR count). The number of hydrogen-bond donors (Lipinski definition) is 1. The third kappa shape index (κ3) is 3.82. The first-order valence-corrected chi connectivity index (χ1v) is 9.97. The standard InChI is InChI=1S/C13H20N2O4S2/c1-10-4-5-13(11(2)8-10)21(18,19)14-12-6-7-15(9-12)20(3,16)17/h4-5,8,12,14H,6-7,9H2,1-3H3. The Kier molecular flexibility index (Phi) is 4.44. The van der Waals surface area contributed by atoms with Crippen molar-refractivity contribution in [3.63, 3.8) is 0 Å². The van der Waals surface area contributed by atoms with Gasteiger partial charge in [0.25, 0.3) is 0 Å². The van der Waals surface area contributed by atoms with Gasteiger partial charge in [0.15, 0.2) is 0 Å². The second-order valence-electron chi connectivity index (χ2n) is 5.50. The topological polar surface area (TPSA) is 83.6 Å². The van der Waals surface area contributed by atoms with Crippen molar-refractivity contribution in [1.29, 1.82) is 0 Å². The molecule has 1 aromatic carbocycles. The Hall–Kier alpha value is -0.960.